The SMILES string of the molecule is CC(Nc1cc(F)cc(F)c1)c1cc(C(=O)N2CCSCC2)cc2c1OC(N1CCOCC1)=CC2C=O. The van der Waals surface area contributed by atoms with Gasteiger partial charge in [0.25, 0.3) is 5.91 Å². The van der Waals surface area contributed by atoms with Gasteiger partial charge in [-0.25, -0.2) is 8.78 Å². The number of rotatable bonds is 6. The van der Waals surface area contributed by atoms with Crippen LogP contribution in [-0.4, -0.2) is 72.9 Å². The minimum atomic E-state index is -0.696. The van der Waals surface area contributed by atoms with E-state index in [0.717, 1.165) is 23.9 Å². The van der Waals surface area contributed by atoms with Crippen LogP contribution in [0.25, 0.3) is 0 Å². The molecule has 7 nitrogen and oxygen atoms in total. The van der Waals surface area contributed by atoms with Crippen LogP contribution in [0.1, 0.15) is 40.4 Å². The summed E-state index contributed by atoms with van der Waals surface area (Å²) in [7, 11) is 0. The standard InChI is InChI=1S/C27H29F2N3O4S/c1-17(30-22-14-20(28)13-21(29)15-22)23-10-18(27(34)32-4-8-37-9-5-32)11-24-19(16-33)12-25(36-26(23)24)31-2-6-35-7-3-31/h10-17,19,30H,2-9H2,1H3. The average molecular weight is 530 g/mol. The van der Waals surface area contributed by atoms with E-state index in [4.69, 9.17) is 9.47 Å². The Kier molecular flexibility index (Phi) is 7.66. The second-order valence-corrected chi connectivity index (χ2v) is 10.5. The molecule has 0 saturated carbocycles. The van der Waals surface area contributed by atoms with E-state index in [9.17, 15) is 18.4 Å². The number of hydrogen-bond acceptors (Lipinski definition) is 7. The van der Waals surface area contributed by atoms with E-state index in [1.54, 1.807) is 18.2 Å². The zero-order valence-corrected chi connectivity index (χ0v) is 21.4. The van der Waals surface area contributed by atoms with Crippen molar-refractivity contribution in [1.82, 2.24) is 9.80 Å². The normalized spacial score (nSPS) is 20.4. The molecule has 2 atom stereocenters. The van der Waals surface area contributed by atoms with E-state index < -0.39 is 23.6 Å². The number of morpholine rings is 1. The highest BCUT2D eigenvalue weighted by Crippen LogP contribution is 2.42. The van der Waals surface area contributed by atoms with Crippen LogP contribution >= 0.6 is 11.8 Å². The summed E-state index contributed by atoms with van der Waals surface area (Å²) in [5.74, 6) is 0.673. The van der Waals surface area contributed by atoms with Crippen LogP contribution in [0.4, 0.5) is 14.5 Å². The summed E-state index contributed by atoms with van der Waals surface area (Å²) in [5.41, 5.74) is 1.94. The number of amides is 1. The lowest BCUT2D eigenvalue weighted by Crippen LogP contribution is -2.39. The molecule has 1 N–H and O–H groups in total. The van der Waals surface area contributed by atoms with Gasteiger partial charge in [-0.15, -0.1) is 0 Å². The summed E-state index contributed by atoms with van der Waals surface area (Å²) in [6.45, 7) is 5.50. The second-order valence-electron chi connectivity index (χ2n) is 9.28. The molecular weight excluding hydrogens is 500 g/mol. The number of thioether (sulfide) groups is 1. The third kappa shape index (κ3) is 5.60. The van der Waals surface area contributed by atoms with Crippen molar-refractivity contribution in [2.75, 3.05) is 56.2 Å². The monoisotopic (exact) mass is 529 g/mol. The molecule has 3 aliphatic rings. The fourth-order valence-electron chi connectivity index (χ4n) is 4.85. The molecule has 2 saturated heterocycles. The van der Waals surface area contributed by atoms with Gasteiger partial charge in [0.2, 0.25) is 0 Å². The van der Waals surface area contributed by atoms with Gasteiger partial charge in [-0.3, -0.25) is 4.79 Å². The number of benzene rings is 2. The third-order valence-electron chi connectivity index (χ3n) is 6.76. The third-order valence-corrected chi connectivity index (χ3v) is 7.70. The van der Waals surface area contributed by atoms with Gasteiger partial charge in [-0.2, -0.15) is 11.8 Å². The van der Waals surface area contributed by atoms with Gasteiger partial charge in [0.05, 0.1) is 25.2 Å². The number of nitrogens with zero attached hydrogens (tertiary/aromatic N) is 2. The number of halogens is 2. The van der Waals surface area contributed by atoms with Crippen LogP contribution in [0.5, 0.6) is 5.75 Å². The van der Waals surface area contributed by atoms with E-state index in [1.165, 1.54) is 12.1 Å². The molecule has 2 aromatic rings. The zero-order valence-electron chi connectivity index (χ0n) is 20.5. The quantitative estimate of drug-likeness (QED) is 0.563. The predicted octanol–water partition coefficient (Wildman–Crippen LogP) is 4.18. The van der Waals surface area contributed by atoms with Crippen molar-refractivity contribution >= 4 is 29.6 Å². The summed E-state index contributed by atoms with van der Waals surface area (Å²) in [6.07, 6.45) is 2.62. The van der Waals surface area contributed by atoms with E-state index in [0.29, 0.717) is 67.7 Å². The number of hydrogen-bond donors (Lipinski definition) is 1. The Balaban J connectivity index is 1.55. The number of ether oxygens (including phenoxy) is 2. The number of nitrogens with one attached hydrogen (secondary N) is 1. The van der Waals surface area contributed by atoms with Gasteiger partial charge in [-0.05, 0) is 37.3 Å². The minimum absolute atomic E-state index is 0.110. The predicted molar refractivity (Wildman–Crippen MR) is 138 cm³/mol. The Labute approximate surface area is 218 Å². The van der Waals surface area contributed by atoms with Crippen molar-refractivity contribution in [2.24, 2.45) is 0 Å². The molecule has 196 valence electrons. The Morgan fingerprint density at radius 1 is 1.08 bits per heavy atom. The number of anilines is 1. The number of carbonyl (C=O) groups excluding carboxylic acids is 2. The van der Waals surface area contributed by atoms with Crippen LogP contribution in [-0.2, 0) is 9.53 Å². The number of allylic oxidation sites excluding steroid dienone is 1. The molecule has 3 heterocycles. The molecule has 1 amide bonds. The smallest absolute Gasteiger partial charge is 0.253 e. The first-order valence-corrected chi connectivity index (χ1v) is 13.5. The molecule has 0 radical (unpaired) electrons. The van der Waals surface area contributed by atoms with Crippen molar-refractivity contribution in [3.63, 3.8) is 0 Å². The van der Waals surface area contributed by atoms with Gasteiger partial charge >= 0.3 is 0 Å². The van der Waals surface area contributed by atoms with Crippen molar-refractivity contribution in [3.05, 3.63) is 70.6 Å². The summed E-state index contributed by atoms with van der Waals surface area (Å²) < 4.78 is 39.6. The Morgan fingerprint density at radius 2 is 1.78 bits per heavy atom. The Morgan fingerprint density at radius 3 is 2.46 bits per heavy atom. The van der Waals surface area contributed by atoms with E-state index in [-0.39, 0.29) is 11.6 Å². The molecule has 0 spiro atoms. The summed E-state index contributed by atoms with van der Waals surface area (Å²) in [5, 5.41) is 3.13. The fourth-order valence-corrected chi connectivity index (χ4v) is 5.75. The van der Waals surface area contributed by atoms with Gasteiger partial charge in [0.1, 0.15) is 23.7 Å². The van der Waals surface area contributed by atoms with Gasteiger partial charge in [-0.1, -0.05) is 0 Å². The lowest BCUT2D eigenvalue weighted by atomic mass is 9.90. The topological polar surface area (TPSA) is 71.1 Å². The summed E-state index contributed by atoms with van der Waals surface area (Å²) >= 11 is 1.81. The van der Waals surface area contributed by atoms with Gasteiger partial charge < -0.3 is 29.4 Å². The molecule has 2 fully saturated rings. The van der Waals surface area contributed by atoms with Crippen molar-refractivity contribution in [1.29, 1.82) is 0 Å². The maximum atomic E-state index is 13.9. The molecule has 37 heavy (non-hydrogen) atoms. The van der Waals surface area contributed by atoms with Crippen LogP contribution in [0.15, 0.2) is 42.3 Å². The summed E-state index contributed by atoms with van der Waals surface area (Å²) in [4.78, 5) is 29.5. The highest BCUT2D eigenvalue weighted by Gasteiger charge is 2.31. The molecule has 5 rings (SSSR count). The zero-order chi connectivity index (χ0) is 25.9. The highest BCUT2D eigenvalue weighted by molar-refractivity contribution is 7.99. The van der Waals surface area contributed by atoms with Crippen LogP contribution < -0.4 is 10.1 Å². The van der Waals surface area contributed by atoms with Crippen LogP contribution in [0.2, 0.25) is 0 Å². The van der Waals surface area contributed by atoms with Crippen molar-refractivity contribution in [3.8, 4) is 5.75 Å². The first-order chi connectivity index (χ1) is 17.9. The second kappa shape index (κ2) is 11.1. The average Bonchev–Trinajstić information content (AvgIpc) is 2.91. The van der Waals surface area contributed by atoms with Gasteiger partial charge in [0, 0.05) is 66.1 Å². The maximum Gasteiger partial charge on any atom is 0.253 e. The lowest BCUT2D eigenvalue weighted by Gasteiger charge is -2.35. The summed E-state index contributed by atoms with van der Waals surface area (Å²) in [6, 6.07) is 6.24. The minimum Gasteiger partial charge on any atom is -0.441 e. The molecule has 10 heteroatoms. The van der Waals surface area contributed by atoms with E-state index in [1.807, 2.05) is 28.5 Å². The molecule has 0 bridgehead atoms. The maximum absolute atomic E-state index is 13.9. The number of fused-ring (bicyclic) bond motifs is 1. The molecule has 2 aromatic carbocycles. The van der Waals surface area contributed by atoms with Crippen molar-refractivity contribution in [2.45, 2.75) is 18.9 Å². The molecule has 0 aromatic heterocycles. The first-order valence-electron chi connectivity index (χ1n) is 12.4. The van der Waals surface area contributed by atoms with Crippen LogP contribution in [0, 0.1) is 11.6 Å². The Bertz CT molecular complexity index is 1190. The van der Waals surface area contributed by atoms with Crippen molar-refractivity contribution < 1.29 is 27.8 Å². The van der Waals surface area contributed by atoms with E-state index in [2.05, 4.69) is 5.32 Å². The molecule has 2 unspecified atom stereocenters. The molecular formula is C27H29F2N3O4S. The Hall–Kier alpha value is -3.11. The van der Waals surface area contributed by atoms with Crippen LogP contribution in [0.3, 0.4) is 0 Å². The highest BCUT2D eigenvalue weighted by atomic mass is 32.2. The van der Waals surface area contributed by atoms with E-state index >= 15 is 0 Å². The lowest BCUT2D eigenvalue weighted by molar-refractivity contribution is -0.108. The molecule has 0 aliphatic carbocycles. The largest absolute Gasteiger partial charge is 0.441 e. The number of carbonyl (C=O) groups is 2. The van der Waals surface area contributed by atoms with Gasteiger partial charge in [0.15, 0.2) is 5.88 Å². The molecule has 3 aliphatic heterocycles. The fraction of sp³-hybridized carbons (Fsp3) is 0.407. The number of aldehydes is 1. The first kappa shape index (κ1) is 25.5.